The van der Waals surface area contributed by atoms with Crippen molar-refractivity contribution in [3.63, 3.8) is 0 Å². The molecule has 40 heavy (non-hydrogen) atoms. The van der Waals surface area contributed by atoms with Gasteiger partial charge in [-0.25, -0.2) is 0 Å². The minimum Gasteiger partial charge on any atom is -0.389 e. The number of azide groups is 1. The summed E-state index contributed by atoms with van der Waals surface area (Å²) in [5, 5.41) is 48.6. The molecule has 2 aliphatic heterocycles. The highest BCUT2D eigenvalue weighted by Crippen LogP contribution is 2.31. The van der Waals surface area contributed by atoms with Crippen LogP contribution in [0.2, 0.25) is 0 Å². The molecule has 3 rings (SSSR count). The first-order valence-corrected chi connectivity index (χ1v) is 13.3. The Morgan fingerprint density at radius 3 is 2.38 bits per heavy atom. The van der Waals surface area contributed by atoms with E-state index in [0.717, 1.165) is 0 Å². The molecule has 3 fully saturated rings. The van der Waals surface area contributed by atoms with Crippen molar-refractivity contribution in [2.24, 2.45) is 33.8 Å². The van der Waals surface area contributed by atoms with Gasteiger partial charge in [0, 0.05) is 17.5 Å². The molecule has 1 aliphatic carbocycles. The third-order valence-electron chi connectivity index (χ3n) is 7.51. The summed E-state index contributed by atoms with van der Waals surface area (Å²) in [4.78, 5) is 15.3. The maximum atomic E-state index is 12.6. The summed E-state index contributed by atoms with van der Waals surface area (Å²) in [5.41, 5.74) is 38.3. The van der Waals surface area contributed by atoms with Crippen LogP contribution in [0.5, 0.6) is 0 Å². The van der Waals surface area contributed by atoms with Gasteiger partial charge < -0.3 is 73.4 Å². The molecule has 230 valence electrons. The third kappa shape index (κ3) is 7.75. The van der Waals surface area contributed by atoms with Crippen molar-refractivity contribution in [3.8, 4) is 0 Å². The molecular formula is C22H43N9O9. The van der Waals surface area contributed by atoms with Gasteiger partial charge in [0.15, 0.2) is 12.6 Å². The zero-order chi connectivity index (χ0) is 29.6. The van der Waals surface area contributed by atoms with Gasteiger partial charge in [-0.3, -0.25) is 4.79 Å². The quantitative estimate of drug-likeness (QED) is 0.0624. The lowest BCUT2D eigenvalue weighted by atomic mass is 9.83. The van der Waals surface area contributed by atoms with E-state index in [1.807, 2.05) is 0 Å². The Morgan fingerprint density at radius 1 is 1.02 bits per heavy atom. The van der Waals surface area contributed by atoms with Gasteiger partial charge in [0.2, 0.25) is 5.91 Å². The predicted molar refractivity (Wildman–Crippen MR) is 138 cm³/mol. The fourth-order valence-electron chi connectivity index (χ4n) is 5.14. The number of nitrogens with one attached hydrogen (secondary N) is 1. The third-order valence-corrected chi connectivity index (χ3v) is 7.51. The Hall–Kier alpha value is -1.74. The lowest BCUT2D eigenvalue weighted by molar-refractivity contribution is -0.309. The van der Waals surface area contributed by atoms with Gasteiger partial charge in [-0.1, -0.05) is 5.11 Å². The molecular weight excluding hydrogens is 534 g/mol. The van der Waals surface area contributed by atoms with Crippen LogP contribution in [0.1, 0.15) is 25.7 Å². The van der Waals surface area contributed by atoms with Crippen LogP contribution in [-0.4, -0.2) is 132 Å². The Labute approximate surface area is 231 Å². The molecule has 0 spiro atoms. The van der Waals surface area contributed by atoms with Gasteiger partial charge in [-0.05, 0) is 37.8 Å². The molecule has 2 saturated heterocycles. The van der Waals surface area contributed by atoms with Gasteiger partial charge in [0.25, 0.3) is 0 Å². The van der Waals surface area contributed by atoms with Crippen molar-refractivity contribution in [3.05, 3.63) is 10.4 Å². The van der Waals surface area contributed by atoms with E-state index in [1.165, 1.54) is 0 Å². The van der Waals surface area contributed by atoms with Crippen molar-refractivity contribution < 1.29 is 44.2 Å². The number of hydrogen-bond donors (Lipinski definition) is 10. The summed E-state index contributed by atoms with van der Waals surface area (Å²) in [5.74, 6) is -0.773. The van der Waals surface area contributed by atoms with Gasteiger partial charge in [-0.2, -0.15) is 0 Å². The second kappa shape index (κ2) is 14.9. The Bertz CT molecular complexity index is 872. The highest BCUT2D eigenvalue weighted by molar-refractivity contribution is 5.80. The number of nitrogens with zero attached hydrogens (tertiary/aromatic N) is 3. The van der Waals surface area contributed by atoms with Crippen LogP contribution in [-0.2, 0) is 23.7 Å². The van der Waals surface area contributed by atoms with E-state index in [2.05, 4.69) is 15.3 Å². The molecule has 0 aromatic heterocycles. The van der Waals surface area contributed by atoms with Crippen molar-refractivity contribution >= 4 is 5.91 Å². The fraction of sp³-hybridized carbons (Fsp3) is 0.955. The normalized spacial score (nSPS) is 43.0. The lowest BCUT2D eigenvalue weighted by Gasteiger charge is -2.48. The second-order valence-electron chi connectivity index (χ2n) is 10.4. The first kappa shape index (κ1) is 32.8. The molecule has 15 N–H and O–H groups in total. The van der Waals surface area contributed by atoms with E-state index < -0.39 is 85.4 Å². The second-order valence-corrected chi connectivity index (χ2v) is 10.4. The summed E-state index contributed by atoms with van der Waals surface area (Å²) >= 11 is 0. The van der Waals surface area contributed by atoms with Crippen LogP contribution in [0.3, 0.4) is 0 Å². The maximum absolute atomic E-state index is 12.6. The summed E-state index contributed by atoms with van der Waals surface area (Å²) in [6, 6.07) is -3.61. The summed E-state index contributed by atoms with van der Waals surface area (Å²) in [7, 11) is 0. The highest BCUT2D eigenvalue weighted by atomic mass is 16.7. The molecule has 6 unspecified atom stereocenters. The smallest absolute Gasteiger partial charge is 0.249 e. The number of hydrogen-bond acceptors (Lipinski definition) is 15. The number of nitrogens with two attached hydrogens (primary N) is 5. The van der Waals surface area contributed by atoms with E-state index in [0.29, 0.717) is 12.8 Å². The fourth-order valence-corrected chi connectivity index (χ4v) is 5.14. The largest absolute Gasteiger partial charge is 0.389 e. The number of rotatable bonds is 11. The standard InChI is InChI=1S/C22H43N9O9/c23-4-3-12(32)20(36)30-11-5-10(26)18(39-21-9(25)2-1-8(6-24)37-21)17(35)19(11)40-22-16(34)14(27)15(33)13(38-22)7-29-31-28/h8-19,21-22,32-35H,1-7,23-27H2,(H,30,36)/t8?,9?,10-,11+,12-,13?,14-,15-,16?,17?,18?,19+,21-,22-/m0/s1. The number of carbonyl (C=O) groups is 1. The molecule has 14 atom stereocenters. The van der Waals surface area contributed by atoms with Gasteiger partial charge >= 0.3 is 0 Å². The molecule has 0 aromatic carbocycles. The number of aliphatic hydroxyl groups excluding tert-OH is 4. The average molecular weight is 578 g/mol. The topological polar surface area (TPSA) is 326 Å². The van der Waals surface area contributed by atoms with Crippen LogP contribution >= 0.6 is 0 Å². The van der Waals surface area contributed by atoms with Crippen molar-refractivity contribution in [1.82, 2.24) is 5.32 Å². The Morgan fingerprint density at radius 2 is 1.73 bits per heavy atom. The summed E-state index contributed by atoms with van der Waals surface area (Å²) < 4.78 is 23.5. The zero-order valence-corrected chi connectivity index (χ0v) is 22.1. The average Bonchev–Trinajstić information content (AvgIpc) is 2.93. The predicted octanol–water partition coefficient (Wildman–Crippen LogP) is -5.08. The number of aliphatic hydroxyl groups is 4. The van der Waals surface area contributed by atoms with Gasteiger partial charge in [0.05, 0.1) is 43.0 Å². The Balaban J connectivity index is 1.84. The summed E-state index contributed by atoms with van der Waals surface area (Å²) in [6.07, 6.45) is -11.0. The van der Waals surface area contributed by atoms with Crippen LogP contribution in [0, 0.1) is 0 Å². The molecule has 0 radical (unpaired) electrons. The van der Waals surface area contributed by atoms with E-state index in [-0.39, 0.29) is 38.6 Å². The molecule has 0 aromatic rings. The molecule has 1 amide bonds. The van der Waals surface area contributed by atoms with E-state index in [9.17, 15) is 25.2 Å². The number of amides is 1. The molecule has 2 heterocycles. The van der Waals surface area contributed by atoms with Crippen LogP contribution in [0.25, 0.3) is 10.4 Å². The zero-order valence-electron chi connectivity index (χ0n) is 22.1. The minimum absolute atomic E-state index is 0.00933. The maximum Gasteiger partial charge on any atom is 0.249 e. The molecule has 18 heteroatoms. The van der Waals surface area contributed by atoms with Gasteiger partial charge in [-0.15, -0.1) is 0 Å². The van der Waals surface area contributed by atoms with Crippen molar-refractivity contribution in [1.29, 1.82) is 0 Å². The lowest BCUT2D eigenvalue weighted by Crippen LogP contribution is -2.69. The highest BCUT2D eigenvalue weighted by Gasteiger charge is 2.51. The first-order valence-electron chi connectivity index (χ1n) is 13.3. The number of ether oxygens (including phenoxy) is 4. The molecule has 0 bridgehead atoms. The SMILES string of the molecule is [N-]=[N+]=NCC1O[C@@H](O[C@H]2C(O)C(O[C@@H]3OC(CN)CCC3N)[C@@H](N)C[C@H]2NC(=O)[C@@H](O)CCN)C(O)[C@@H](N)[C@H]1O. The van der Waals surface area contributed by atoms with E-state index in [4.69, 9.17) is 53.1 Å². The van der Waals surface area contributed by atoms with Crippen molar-refractivity contribution in [2.75, 3.05) is 19.6 Å². The molecule has 1 saturated carbocycles. The minimum atomic E-state index is -1.57. The first-order chi connectivity index (χ1) is 19.0. The molecule has 3 aliphatic rings. The number of carbonyl (C=O) groups excluding carboxylic acids is 1. The Kier molecular flexibility index (Phi) is 12.2. The monoisotopic (exact) mass is 577 g/mol. The van der Waals surface area contributed by atoms with Gasteiger partial charge in [0.1, 0.15) is 30.5 Å². The van der Waals surface area contributed by atoms with Crippen LogP contribution in [0.15, 0.2) is 5.11 Å². The van der Waals surface area contributed by atoms with Crippen LogP contribution < -0.4 is 34.0 Å². The molecule has 18 nitrogen and oxygen atoms in total. The summed E-state index contributed by atoms with van der Waals surface area (Å²) in [6.45, 7) is -0.0130. The van der Waals surface area contributed by atoms with E-state index >= 15 is 0 Å². The van der Waals surface area contributed by atoms with Crippen molar-refractivity contribution in [2.45, 2.75) is 111 Å². The van der Waals surface area contributed by atoms with E-state index in [1.54, 1.807) is 0 Å². The van der Waals surface area contributed by atoms with Crippen LogP contribution in [0.4, 0.5) is 0 Å².